The van der Waals surface area contributed by atoms with Crippen LogP contribution in [-0.4, -0.2) is 46.0 Å². The van der Waals surface area contributed by atoms with Crippen LogP contribution in [0.2, 0.25) is 0 Å². The molecule has 0 bridgehead atoms. The van der Waals surface area contributed by atoms with Crippen molar-refractivity contribution < 1.29 is 19.1 Å². The number of aliphatic hydroxyl groups is 1. The predicted octanol–water partition coefficient (Wildman–Crippen LogP) is 2.33. The van der Waals surface area contributed by atoms with Gasteiger partial charge in [-0.2, -0.15) is 0 Å². The molecule has 3 rings (SSSR count). The zero-order valence-corrected chi connectivity index (χ0v) is 16.5. The van der Waals surface area contributed by atoms with Gasteiger partial charge in [-0.15, -0.1) is 0 Å². The van der Waals surface area contributed by atoms with Crippen LogP contribution in [-0.2, 0) is 11.3 Å². The van der Waals surface area contributed by atoms with Gasteiger partial charge in [0, 0.05) is 25.8 Å². The summed E-state index contributed by atoms with van der Waals surface area (Å²) in [7, 11) is 0. The van der Waals surface area contributed by atoms with Crippen LogP contribution in [0.1, 0.15) is 54.9 Å². The lowest BCUT2D eigenvalue weighted by atomic mass is 9.87. The number of nitrogens with one attached hydrogen (secondary N) is 1. The van der Waals surface area contributed by atoms with Crippen LogP contribution < -0.4 is 5.32 Å². The zero-order valence-electron chi connectivity index (χ0n) is 16.5. The van der Waals surface area contributed by atoms with Gasteiger partial charge in [0.05, 0.1) is 24.0 Å². The largest absolute Gasteiger partial charge is 0.459 e. The molecule has 0 radical (unpaired) electrons. The van der Waals surface area contributed by atoms with Gasteiger partial charge in [0.2, 0.25) is 5.91 Å². The number of pyridine rings is 1. The Morgan fingerprint density at radius 1 is 1.36 bits per heavy atom. The fourth-order valence-corrected chi connectivity index (χ4v) is 3.28. The number of aromatic nitrogens is 1. The molecule has 0 aliphatic carbocycles. The number of carbonyl (C=O) groups is 2. The van der Waals surface area contributed by atoms with E-state index in [0.717, 1.165) is 5.56 Å². The van der Waals surface area contributed by atoms with Crippen molar-refractivity contribution in [3.63, 3.8) is 0 Å². The fourth-order valence-electron chi connectivity index (χ4n) is 3.28. The molecule has 0 spiro atoms. The first kappa shape index (κ1) is 20.1. The first-order valence-electron chi connectivity index (χ1n) is 9.49. The molecule has 150 valence electrons. The van der Waals surface area contributed by atoms with Gasteiger partial charge in [0.1, 0.15) is 0 Å². The molecule has 7 heteroatoms. The summed E-state index contributed by atoms with van der Waals surface area (Å²) in [5, 5.41) is 13.1. The van der Waals surface area contributed by atoms with Crippen molar-refractivity contribution in [3.8, 4) is 0 Å². The fraction of sp³-hybridized carbons (Fsp3) is 0.476. The molecule has 2 atom stereocenters. The van der Waals surface area contributed by atoms with Gasteiger partial charge < -0.3 is 19.7 Å². The average Bonchev–Trinajstić information content (AvgIpc) is 3.20. The molecular formula is C21H27N3O4. The Hall–Kier alpha value is -2.67. The van der Waals surface area contributed by atoms with Crippen LogP contribution >= 0.6 is 0 Å². The molecular weight excluding hydrogens is 358 g/mol. The van der Waals surface area contributed by atoms with Crippen molar-refractivity contribution in [1.82, 2.24) is 15.2 Å². The molecule has 0 saturated carbocycles. The summed E-state index contributed by atoms with van der Waals surface area (Å²) in [6, 6.07) is 6.96. The molecule has 2 amide bonds. The summed E-state index contributed by atoms with van der Waals surface area (Å²) in [4.78, 5) is 31.5. The van der Waals surface area contributed by atoms with E-state index in [0.29, 0.717) is 25.2 Å². The van der Waals surface area contributed by atoms with Crippen LogP contribution in [0.4, 0.5) is 0 Å². The van der Waals surface area contributed by atoms with E-state index in [-0.39, 0.29) is 29.5 Å². The van der Waals surface area contributed by atoms with Crippen LogP contribution in [0, 0.1) is 5.41 Å². The Labute approximate surface area is 164 Å². The topological polar surface area (TPSA) is 95.7 Å². The number of hydrogen-bond acceptors (Lipinski definition) is 5. The summed E-state index contributed by atoms with van der Waals surface area (Å²) < 4.78 is 5.22. The molecule has 2 aromatic rings. The molecule has 28 heavy (non-hydrogen) atoms. The molecule has 1 aliphatic rings. The smallest absolute Gasteiger partial charge is 0.289 e. The van der Waals surface area contributed by atoms with E-state index < -0.39 is 12.0 Å². The number of rotatable bonds is 5. The first-order chi connectivity index (χ1) is 13.3. The number of amides is 2. The SMILES string of the molecule is CC(C)(C)C(O)CCNC(=O)C1CN(C(=O)c2ccco2)Cc2cccnc21. The molecule has 0 fully saturated rings. The van der Waals surface area contributed by atoms with Gasteiger partial charge in [-0.1, -0.05) is 26.8 Å². The third-order valence-corrected chi connectivity index (χ3v) is 5.07. The van der Waals surface area contributed by atoms with Crippen molar-refractivity contribution in [3.05, 3.63) is 53.7 Å². The highest BCUT2D eigenvalue weighted by atomic mass is 16.3. The van der Waals surface area contributed by atoms with Gasteiger partial charge >= 0.3 is 0 Å². The monoisotopic (exact) mass is 385 g/mol. The number of furan rings is 1. The molecule has 7 nitrogen and oxygen atoms in total. The van der Waals surface area contributed by atoms with E-state index in [1.54, 1.807) is 29.3 Å². The highest BCUT2D eigenvalue weighted by molar-refractivity contribution is 5.93. The summed E-state index contributed by atoms with van der Waals surface area (Å²) >= 11 is 0. The molecule has 1 aliphatic heterocycles. The molecule has 2 N–H and O–H groups in total. The summed E-state index contributed by atoms with van der Waals surface area (Å²) in [6.45, 7) is 6.85. The highest BCUT2D eigenvalue weighted by Gasteiger charge is 2.34. The third-order valence-electron chi connectivity index (χ3n) is 5.07. The number of nitrogens with zero attached hydrogens (tertiary/aromatic N) is 2. The third kappa shape index (κ3) is 4.42. The molecule has 2 aromatic heterocycles. The summed E-state index contributed by atoms with van der Waals surface area (Å²) in [5.41, 5.74) is 1.30. The van der Waals surface area contributed by atoms with Crippen molar-refractivity contribution >= 4 is 11.8 Å². The zero-order chi connectivity index (χ0) is 20.3. The minimum atomic E-state index is -0.560. The second kappa shape index (κ2) is 8.14. The lowest BCUT2D eigenvalue weighted by Gasteiger charge is -2.33. The minimum absolute atomic E-state index is 0.196. The molecule has 0 saturated heterocycles. The maximum Gasteiger partial charge on any atom is 0.289 e. The van der Waals surface area contributed by atoms with Crippen molar-refractivity contribution in [2.75, 3.05) is 13.1 Å². The molecule has 3 heterocycles. The van der Waals surface area contributed by atoms with Gasteiger partial charge in [0.25, 0.3) is 5.91 Å². The van der Waals surface area contributed by atoms with Crippen LogP contribution in [0.3, 0.4) is 0 Å². The normalized spacial score (nSPS) is 17.7. The van der Waals surface area contributed by atoms with Crippen LogP contribution in [0.5, 0.6) is 0 Å². The maximum absolute atomic E-state index is 12.9. The van der Waals surface area contributed by atoms with Gasteiger partial charge in [0.15, 0.2) is 5.76 Å². The van der Waals surface area contributed by atoms with Gasteiger partial charge in [-0.05, 0) is 35.6 Å². The van der Waals surface area contributed by atoms with Gasteiger partial charge in [-0.25, -0.2) is 0 Å². The standard InChI is InChI=1S/C21H27N3O4/c1-21(2,3)17(25)8-10-23-19(26)15-13-24(20(27)16-7-5-11-28-16)12-14-6-4-9-22-18(14)15/h4-7,9,11,15,17,25H,8,10,12-13H2,1-3H3,(H,23,26). The molecule has 0 aromatic carbocycles. The van der Waals surface area contributed by atoms with Crippen molar-refractivity contribution in [2.24, 2.45) is 5.41 Å². The predicted molar refractivity (Wildman–Crippen MR) is 104 cm³/mol. The summed E-state index contributed by atoms with van der Waals surface area (Å²) in [6.07, 6.45) is 3.07. The Balaban J connectivity index is 1.71. The quantitative estimate of drug-likeness (QED) is 0.824. The molecule has 2 unspecified atom stereocenters. The lowest BCUT2D eigenvalue weighted by Crippen LogP contribution is -2.44. The van der Waals surface area contributed by atoms with E-state index in [4.69, 9.17) is 4.42 Å². The number of aliphatic hydroxyl groups excluding tert-OH is 1. The Bertz CT molecular complexity index is 826. The Morgan fingerprint density at radius 3 is 2.82 bits per heavy atom. The Kier molecular flexibility index (Phi) is 5.84. The Morgan fingerprint density at radius 2 is 2.14 bits per heavy atom. The highest BCUT2D eigenvalue weighted by Crippen LogP contribution is 2.28. The van der Waals surface area contributed by atoms with Crippen LogP contribution in [0.25, 0.3) is 0 Å². The second-order valence-corrected chi connectivity index (χ2v) is 8.22. The maximum atomic E-state index is 12.9. The number of hydrogen-bond donors (Lipinski definition) is 2. The minimum Gasteiger partial charge on any atom is -0.459 e. The van der Waals surface area contributed by atoms with E-state index in [1.165, 1.54) is 6.26 Å². The van der Waals surface area contributed by atoms with E-state index in [2.05, 4.69) is 10.3 Å². The van der Waals surface area contributed by atoms with Gasteiger partial charge in [-0.3, -0.25) is 14.6 Å². The van der Waals surface area contributed by atoms with E-state index in [1.807, 2.05) is 26.8 Å². The number of fused-ring (bicyclic) bond motifs is 1. The summed E-state index contributed by atoms with van der Waals surface area (Å²) in [5.74, 6) is -0.756. The van der Waals surface area contributed by atoms with Crippen molar-refractivity contribution in [2.45, 2.75) is 45.8 Å². The van der Waals surface area contributed by atoms with E-state index in [9.17, 15) is 14.7 Å². The van der Waals surface area contributed by atoms with E-state index >= 15 is 0 Å². The van der Waals surface area contributed by atoms with Crippen molar-refractivity contribution in [1.29, 1.82) is 0 Å². The number of carbonyl (C=O) groups excluding carboxylic acids is 2. The first-order valence-corrected chi connectivity index (χ1v) is 9.49. The van der Waals surface area contributed by atoms with Crippen LogP contribution in [0.15, 0.2) is 41.1 Å². The average molecular weight is 385 g/mol. The lowest BCUT2D eigenvalue weighted by molar-refractivity contribution is -0.123. The second-order valence-electron chi connectivity index (χ2n) is 8.22.